The highest BCUT2D eigenvalue weighted by Gasteiger charge is 2.12. The lowest BCUT2D eigenvalue weighted by atomic mass is 10.2. The molecule has 2 N–H and O–H groups in total. The van der Waals surface area contributed by atoms with Crippen molar-refractivity contribution in [1.82, 2.24) is 0 Å². The lowest BCUT2D eigenvalue weighted by Gasteiger charge is -2.09. The third-order valence-corrected chi connectivity index (χ3v) is 3.74. The Kier molecular flexibility index (Phi) is 4.36. The van der Waals surface area contributed by atoms with Gasteiger partial charge in [-0.2, -0.15) is 0 Å². The Bertz CT molecular complexity index is 684. The largest absolute Gasteiger partial charge is 0.493 e. The summed E-state index contributed by atoms with van der Waals surface area (Å²) in [5.74, 6) is 0.191. The molecule has 0 heterocycles. The van der Waals surface area contributed by atoms with Gasteiger partial charge in [0.15, 0.2) is 0 Å². The van der Waals surface area contributed by atoms with Gasteiger partial charge >= 0.3 is 0 Å². The fourth-order valence-corrected chi connectivity index (χ4v) is 2.60. The maximum Gasteiger partial charge on any atom is 0.238 e. The molecule has 0 fully saturated rings. The Morgan fingerprint density at radius 3 is 2.35 bits per heavy atom. The zero-order valence-electron chi connectivity index (χ0n) is 10.6. The van der Waals surface area contributed by atoms with Crippen molar-refractivity contribution in [2.75, 3.05) is 6.61 Å². The first-order chi connectivity index (χ1) is 9.47. The van der Waals surface area contributed by atoms with Gasteiger partial charge in [-0.15, -0.1) is 0 Å². The molecule has 0 spiro atoms. The van der Waals surface area contributed by atoms with Gasteiger partial charge in [-0.05, 0) is 35.9 Å². The Morgan fingerprint density at radius 1 is 1.05 bits per heavy atom. The van der Waals surface area contributed by atoms with E-state index in [4.69, 9.17) is 9.88 Å². The number of hydrogen-bond acceptors (Lipinski definition) is 3. The van der Waals surface area contributed by atoms with Crippen LogP contribution in [0.5, 0.6) is 5.75 Å². The molecule has 0 aliphatic rings. The summed E-state index contributed by atoms with van der Waals surface area (Å²) in [7, 11) is -3.74. The molecule has 0 saturated heterocycles. The van der Waals surface area contributed by atoms with Gasteiger partial charge in [-0.25, -0.2) is 17.9 Å². The Hall–Kier alpha value is -1.92. The third kappa shape index (κ3) is 3.79. The summed E-state index contributed by atoms with van der Waals surface area (Å²) in [6, 6.07) is 12.1. The molecule has 0 radical (unpaired) electrons. The van der Waals surface area contributed by atoms with E-state index in [1.807, 2.05) is 0 Å². The molecule has 0 atom stereocenters. The van der Waals surface area contributed by atoms with Crippen molar-refractivity contribution in [2.24, 2.45) is 5.14 Å². The first kappa shape index (κ1) is 14.5. The van der Waals surface area contributed by atoms with E-state index < -0.39 is 10.0 Å². The van der Waals surface area contributed by atoms with Gasteiger partial charge in [0, 0.05) is 6.42 Å². The molecular weight excluding hydrogens is 281 g/mol. The monoisotopic (exact) mass is 295 g/mol. The normalized spacial score (nSPS) is 11.3. The average Bonchev–Trinajstić information content (AvgIpc) is 2.40. The molecule has 0 aliphatic carbocycles. The molecule has 0 aromatic heterocycles. The van der Waals surface area contributed by atoms with Gasteiger partial charge in [0.05, 0.1) is 11.5 Å². The van der Waals surface area contributed by atoms with E-state index in [2.05, 4.69) is 0 Å². The lowest BCUT2D eigenvalue weighted by Crippen LogP contribution is -2.15. The van der Waals surface area contributed by atoms with Crippen LogP contribution in [-0.4, -0.2) is 15.0 Å². The van der Waals surface area contributed by atoms with Gasteiger partial charge in [0.1, 0.15) is 11.6 Å². The zero-order valence-corrected chi connectivity index (χ0v) is 11.4. The Morgan fingerprint density at radius 2 is 1.70 bits per heavy atom. The summed E-state index contributed by atoms with van der Waals surface area (Å²) in [6.07, 6.45) is 0.393. The van der Waals surface area contributed by atoms with Gasteiger partial charge in [-0.1, -0.05) is 18.2 Å². The van der Waals surface area contributed by atoms with Gasteiger partial charge in [0.2, 0.25) is 10.0 Å². The molecular formula is C14H14FNO3S. The highest BCUT2D eigenvalue weighted by molar-refractivity contribution is 7.89. The third-order valence-electron chi connectivity index (χ3n) is 2.73. The second kappa shape index (κ2) is 6.02. The fraction of sp³-hybridized carbons (Fsp3) is 0.143. The topological polar surface area (TPSA) is 69.4 Å². The predicted octanol–water partition coefficient (Wildman–Crippen LogP) is 2.09. The first-order valence-corrected chi connectivity index (χ1v) is 7.50. The fourth-order valence-electron chi connectivity index (χ4n) is 1.80. The molecule has 2 aromatic carbocycles. The average molecular weight is 295 g/mol. The van der Waals surface area contributed by atoms with Crippen LogP contribution in [0, 0.1) is 5.82 Å². The number of rotatable bonds is 5. The highest BCUT2D eigenvalue weighted by Crippen LogP contribution is 2.16. The van der Waals surface area contributed by atoms with Crippen molar-refractivity contribution in [3.05, 3.63) is 59.9 Å². The van der Waals surface area contributed by atoms with Crippen molar-refractivity contribution >= 4 is 10.0 Å². The van der Waals surface area contributed by atoms with E-state index in [9.17, 15) is 12.8 Å². The van der Waals surface area contributed by atoms with Crippen molar-refractivity contribution in [1.29, 1.82) is 0 Å². The number of sulfonamides is 1. The molecule has 106 valence electrons. The molecule has 0 saturated carbocycles. The van der Waals surface area contributed by atoms with Crippen LogP contribution in [0.2, 0.25) is 0 Å². The van der Waals surface area contributed by atoms with E-state index in [1.165, 1.54) is 30.3 Å². The molecule has 0 bridgehead atoms. The zero-order chi connectivity index (χ0) is 14.6. The number of hydrogen-bond donors (Lipinski definition) is 1. The van der Waals surface area contributed by atoms with Crippen LogP contribution in [0.1, 0.15) is 5.56 Å². The Balaban J connectivity index is 2.03. The van der Waals surface area contributed by atoms with Crippen LogP contribution < -0.4 is 9.88 Å². The maximum atomic E-state index is 12.7. The summed E-state index contributed by atoms with van der Waals surface area (Å²) in [5.41, 5.74) is 0.595. The van der Waals surface area contributed by atoms with Crippen molar-refractivity contribution in [3.8, 4) is 5.75 Å². The van der Waals surface area contributed by atoms with E-state index in [-0.39, 0.29) is 17.3 Å². The molecule has 6 heteroatoms. The maximum absolute atomic E-state index is 12.7. The second-order valence-electron chi connectivity index (χ2n) is 4.21. The lowest BCUT2D eigenvalue weighted by molar-refractivity contribution is 0.320. The summed E-state index contributed by atoms with van der Waals surface area (Å²) < 4.78 is 41.0. The van der Waals surface area contributed by atoms with Crippen LogP contribution in [0.3, 0.4) is 0 Å². The minimum absolute atomic E-state index is 0.0997. The molecule has 4 nitrogen and oxygen atoms in total. The SMILES string of the molecule is NS(=O)(=O)c1ccccc1CCOc1ccc(F)cc1. The number of ether oxygens (including phenoxy) is 1. The van der Waals surface area contributed by atoms with E-state index in [1.54, 1.807) is 18.2 Å². The van der Waals surface area contributed by atoms with Crippen LogP contribution in [0.25, 0.3) is 0 Å². The molecule has 0 unspecified atom stereocenters. The molecule has 0 aliphatic heterocycles. The van der Waals surface area contributed by atoms with Crippen LogP contribution in [-0.2, 0) is 16.4 Å². The highest BCUT2D eigenvalue weighted by atomic mass is 32.2. The van der Waals surface area contributed by atoms with Crippen LogP contribution >= 0.6 is 0 Å². The van der Waals surface area contributed by atoms with Crippen LogP contribution in [0.4, 0.5) is 4.39 Å². The van der Waals surface area contributed by atoms with Crippen LogP contribution in [0.15, 0.2) is 53.4 Å². The predicted molar refractivity (Wildman–Crippen MR) is 73.4 cm³/mol. The molecule has 2 aromatic rings. The van der Waals surface area contributed by atoms with Crippen molar-refractivity contribution < 1.29 is 17.5 Å². The number of primary sulfonamides is 1. The summed E-state index contributed by atoms with van der Waals surface area (Å²) in [5, 5.41) is 5.15. The molecule has 20 heavy (non-hydrogen) atoms. The molecule has 2 rings (SSSR count). The molecule has 0 amide bonds. The minimum Gasteiger partial charge on any atom is -0.493 e. The first-order valence-electron chi connectivity index (χ1n) is 5.96. The van der Waals surface area contributed by atoms with Gasteiger partial charge in [-0.3, -0.25) is 0 Å². The summed E-state index contributed by atoms with van der Waals surface area (Å²) in [4.78, 5) is 0.0997. The number of nitrogens with two attached hydrogens (primary N) is 1. The van der Waals surface area contributed by atoms with E-state index >= 15 is 0 Å². The van der Waals surface area contributed by atoms with Crippen molar-refractivity contribution in [2.45, 2.75) is 11.3 Å². The second-order valence-corrected chi connectivity index (χ2v) is 5.73. The van der Waals surface area contributed by atoms with E-state index in [0.717, 1.165) is 0 Å². The van der Waals surface area contributed by atoms with Gasteiger partial charge in [0.25, 0.3) is 0 Å². The summed E-state index contributed by atoms with van der Waals surface area (Å²) >= 11 is 0. The van der Waals surface area contributed by atoms with Gasteiger partial charge < -0.3 is 4.74 Å². The summed E-state index contributed by atoms with van der Waals surface area (Å²) in [6.45, 7) is 0.276. The smallest absolute Gasteiger partial charge is 0.238 e. The standard InChI is InChI=1S/C14H14FNO3S/c15-12-5-7-13(8-6-12)19-10-9-11-3-1-2-4-14(11)20(16,17)18/h1-8H,9-10H2,(H2,16,17,18). The van der Waals surface area contributed by atoms with E-state index in [0.29, 0.717) is 17.7 Å². The number of benzene rings is 2. The number of halogens is 1. The quantitative estimate of drug-likeness (QED) is 0.918. The van der Waals surface area contributed by atoms with Crippen molar-refractivity contribution in [3.63, 3.8) is 0 Å². The Labute approximate surface area is 117 Å². The minimum atomic E-state index is -3.74.